The highest BCUT2D eigenvalue weighted by Gasteiger charge is 2.15. The highest BCUT2D eigenvalue weighted by molar-refractivity contribution is 5.79. The zero-order valence-electron chi connectivity index (χ0n) is 15.0. The lowest BCUT2D eigenvalue weighted by molar-refractivity contribution is 0.0625. The third-order valence-electron chi connectivity index (χ3n) is 4.65. The van der Waals surface area contributed by atoms with E-state index in [1.165, 1.54) is 24.8 Å². The zero-order valence-corrected chi connectivity index (χ0v) is 15.0. The molecule has 0 aliphatic carbocycles. The second-order valence-electron chi connectivity index (χ2n) is 6.51. The van der Waals surface area contributed by atoms with Crippen LogP contribution in [-0.4, -0.2) is 56.4 Å². The van der Waals surface area contributed by atoms with Gasteiger partial charge in [-0.15, -0.1) is 0 Å². The molecule has 0 saturated carbocycles. The summed E-state index contributed by atoms with van der Waals surface area (Å²) in [5.74, 6) is 2.07. The van der Waals surface area contributed by atoms with Crippen molar-refractivity contribution in [1.29, 1.82) is 0 Å². The monoisotopic (exact) mass is 333 g/mol. The number of aryl methyl sites for hydroxylation is 1. The maximum Gasteiger partial charge on any atom is 0.193 e. The van der Waals surface area contributed by atoms with Gasteiger partial charge in [0.1, 0.15) is 5.75 Å². The summed E-state index contributed by atoms with van der Waals surface area (Å²) in [5, 5.41) is 12.7. The summed E-state index contributed by atoms with van der Waals surface area (Å²) in [6, 6.07) is 7.44. The fourth-order valence-electron chi connectivity index (χ4n) is 3.06. The number of phenolic OH excluding ortho intramolecular Hbond substituents is 1. The Morgan fingerprint density at radius 2 is 2.00 bits per heavy atom. The van der Waals surface area contributed by atoms with Crippen LogP contribution in [0.25, 0.3) is 0 Å². The van der Waals surface area contributed by atoms with Gasteiger partial charge in [0.2, 0.25) is 0 Å². The fraction of sp³-hybridized carbons (Fsp3) is 0.632. The Labute approximate surface area is 145 Å². The molecule has 1 aromatic rings. The number of rotatable bonds is 7. The van der Waals surface area contributed by atoms with E-state index in [0.717, 1.165) is 51.0 Å². The number of aliphatic imine (C=N–C) groups is 1. The van der Waals surface area contributed by atoms with Crippen molar-refractivity contribution >= 4 is 5.96 Å². The first-order chi connectivity index (χ1) is 11.7. The molecular weight excluding hydrogens is 302 g/mol. The van der Waals surface area contributed by atoms with Gasteiger partial charge >= 0.3 is 0 Å². The largest absolute Gasteiger partial charge is 0.508 e. The number of aromatic hydroxyl groups is 1. The molecule has 0 aromatic heterocycles. The predicted octanol–water partition coefficient (Wildman–Crippen LogP) is 2.65. The van der Waals surface area contributed by atoms with E-state index in [1.54, 1.807) is 12.1 Å². The average Bonchev–Trinajstić information content (AvgIpc) is 2.62. The van der Waals surface area contributed by atoms with Gasteiger partial charge in [0, 0.05) is 40.4 Å². The Kier molecular flexibility index (Phi) is 7.89. The highest BCUT2D eigenvalue weighted by atomic mass is 16.5. The Morgan fingerprint density at radius 1 is 1.29 bits per heavy atom. The lowest BCUT2D eigenvalue weighted by Crippen LogP contribution is -2.40. The summed E-state index contributed by atoms with van der Waals surface area (Å²) in [6.45, 7) is 3.76. The van der Waals surface area contributed by atoms with Crippen LogP contribution in [0, 0.1) is 5.92 Å². The molecule has 1 fully saturated rings. The van der Waals surface area contributed by atoms with Crippen molar-refractivity contribution in [1.82, 2.24) is 10.2 Å². The SMILES string of the molecule is CN=C(NCCCc1ccc(O)cc1)N(C)CCC1CCOCC1. The standard InChI is InChI=1S/C19H31N3O2/c1-20-19(22(2)13-9-17-10-14-24-15-11-17)21-12-3-4-16-5-7-18(23)8-6-16/h5-8,17,23H,3-4,9-15H2,1-2H3,(H,20,21). The van der Waals surface area contributed by atoms with Crippen LogP contribution in [0.15, 0.2) is 29.3 Å². The molecule has 0 radical (unpaired) electrons. The van der Waals surface area contributed by atoms with Gasteiger partial charge in [-0.2, -0.15) is 0 Å². The number of nitrogens with one attached hydrogen (secondary N) is 1. The summed E-state index contributed by atoms with van der Waals surface area (Å²) in [7, 11) is 3.95. The maximum atomic E-state index is 9.30. The molecule has 1 aliphatic heterocycles. The number of benzene rings is 1. The number of hydrogen-bond donors (Lipinski definition) is 2. The second-order valence-corrected chi connectivity index (χ2v) is 6.51. The molecule has 0 unspecified atom stereocenters. The Morgan fingerprint density at radius 3 is 2.67 bits per heavy atom. The van der Waals surface area contributed by atoms with E-state index in [1.807, 2.05) is 19.2 Å². The summed E-state index contributed by atoms with van der Waals surface area (Å²) in [6.07, 6.45) is 5.61. The summed E-state index contributed by atoms with van der Waals surface area (Å²) in [4.78, 5) is 6.60. The van der Waals surface area contributed by atoms with E-state index in [2.05, 4.69) is 22.3 Å². The first-order valence-electron chi connectivity index (χ1n) is 8.96. The summed E-state index contributed by atoms with van der Waals surface area (Å²) >= 11 is 0. The third-order valence-corrected chi connectivity index (χ3v) is 4.65. The fourth-order valence-corrected chi connectivity index (χ4v) is 3.06. The number of guanidine groups is 1. The van der Waals surface area contributed by atoms with Crippen molar-refractivity contribution in [3.8, 4) is 5.75 Å². The topological polar surface area (TPSA) is 57.1 Å². The van der Waals surface area contributed by atoms with Gasteiger partial charge in [-0.3, -0.25) is 4.99 Å². The number of phenols is 1. The van der Waals surface area contributed by atoms with Crippen LogP contribution in [0.4, 0.5) is 0 Å². The molecule has 5 nitrogen and oxygen atoms in total. The Balaban J connectivity index is 1.64. The van der Waals surface area contributed by atoms with E-state index in [0.29, 0.717) is 5.75 Å². The number of hydrogen-bond acceptors (Lipinski definition) is 3. The van der Waals surface area contributed by atoms with Gasteiger partial charge in [0.15, 0.2) is 5.96 Å². The molecule has 0 amide bonds. The quantitative estimate of drug-likeness (QED) is 0.457. The molecule has 2 rings (SSSR count). The van der Waals surface area contributed by atoms with Crippen molar-refractivity contribution in [3.05, 3.63) is 29.8 Å². The molecule has 1 aromatic carbocycles. The van der Waals surface area contributed by atoms with E-state index in [-0.39, 0.29) is 0 Å². The van der Waals surface area contributed by atoms with Gasteiger partial charge in [0.25, 0.3) is 0 Å². The Hall–Kier alpha value is -1.75. The van der Waals surface area contributed by atoms with Crippen molar-refractivity contribution in [2.45, 2.75) is 32.1 Å². The highest BCUT2D eigenvalue weighted by Crippen LogP contribution is 2.18. The average molecular weight is 333 g/mol. The van der Waals surface area contributed by atoms with Crippen molar-refractivity contribution in [3.63, 3.8) is 0 Å². The first kappa shape index (κ1) is 18.6. The Bertz CT molecular complexity index is 496. The van der Waals surface area contributed by atoms with Crippen LogP contribution in [0.1, 0.15) is 31.2 Å². The zero-order chi connectivity index (χ0) is 17.2. The van der Waals surface area contributed by atoms with Crippen LogP contribution in [-0.2, 0) is 11.2 Å². The van der Waals surface area contributed by atoms with Crippen LogP contribution in [0.3, 0.4) is 0 Å². The lowest BCUT2D eigenvalue weighted by Gasteiger charge is -2.26. The van der Waals surface area contributed by atoms with Gasteiger partial charge in [-0.05, 0) is 55.7 Å². The smallest absolute Gasteiger partial charge is 0.193 e. The number of nitrogens with zero attached hydrogens (tertiary/aromatic N) is 2. The molecule has 0 bridgehead atoms. The first-order valence-corrected chi connectivity index (χ1v) is 8.96. The molecule has 5 heteroatoms. The minimum atomic E-state index is 0.323. The van der Waals surface area contributed by atoms with Gasteiger partial charge in [0.05, 0.1) is 0 Å². The molecule has 0 spiro atoms. The van der Waals surface area contributed by atoms with E-state index >= 15 is 0 Å². The van der Waals surface area contributed by atoms with E-state index < -0.39 is 0 Å². The molecule has 24 heavy (non-hydrogen) atoms. The minimum absolute atomic E-state index is 0.323. The molecule has 134 valence electrons. The van der Waals surface area contributed by atoms with Crippen LogP contribution >= 0.6 is 0 Å². The molecule has 2 N–H and O–H groups in total. The summed E-state index contributed by atoms with van der Waals surface area (Å²) < 4.78 is 5.42. The normalized spacial score (nSPS) is 16.2. The van der Waals surface area contributed by atoms with Crippen molar-refractivity contribution < 1.29 is 9.84 Å². The molecule has 0 atom stereocenters. The van der Waals surface area contributed by atoms with Crippen molar-refractivity contribution in [2.75, 3.05) is 40.4 Å². The van der Waals surface area contributed by atoms with Crippen LogP contribution in [0.2, 0.25) is 0 Å². The summed E-state index contributed by atoms with van der Waals surface area (Å²) in [5.41, 5.74) is 1.25. The number of ether oxygens (including phenoxy) is 1. The van der Waals surface area contributed by atoms with E-state index in [9.17, 15) is 5.11 Å². The third kappa shape index (κ3) is 6.40. The van der Waals surface area contributed by atoms with Gasteiger partial charge in [-0.1, -0.05) is 12.1 Å². The van der Waals surface area contributed by atoms with Crippen molar-refractivity contribution in [2.24, 2.45) is 10.9 Å². The second kappa shape index (κ2) is 10.2. The molecule has 1 aliphatic rings. The molecule has 1 heterocycles. The molecule has 1 saturated heterocycles. The van der Waals surface area contributed by atoms with Gasteiger partial charge < -0.3 is 20.1 Å². The predicted molar refractivity (Wildman–Crippen MR) is 98.6 cm³/mol. The van der Waals surface area contributed by atoms with Crippen LogP contribution in [0.5, 0.6) is 5.75 Å². The van der Waals surface area contributed by atoms with Crippen LogP contribution < -0.4 is 5.32 Å². The molecular formula is C19H31N3O2. The maximum absolute atomic E-state index is 9.30. The van der Waals surface area contributed by atoms with E-state index in [4.69, 9.17) is 4.74 Å². The van der Waals surface area contributed by atoms with Gasteiger partial charge in [-0.25, -0.2) is 0 Å². The minimum Gasteiger partial charge on any atom is -0.508 e. The lowest BCUT2D eigenvalue weighted by atomic mass is 9.96.